The summed E-state index contributed by atoms with van der Waals surface area (Å²) >= 11 is 0. The van der Waals surface area contributed by atoms with Crippen LogP contribution in [0.15, 0.2) is 0 Å². The van der Waals surface area contributed by atoms with E-state index >= 15 is 0 Å². The average molecular weight is 258 g/mol. The van der Waals surface area contributed by atoms with E-state index in [1.165, 1.54) is 7.11 Å². The molecule has 6 nitrogen and oxygen atoms in total. The van der Waals surface area contributed by atoms with Crippen molar-refractivity contribution in [3.05, 3.63) is 0 Å². The second-order valence-electron chi connectivity index (χ2n) is 4.50. The Labute approximate surface area is 108 Å². The molecular formula is C12H22N2O4. The highest BCUT2D eigenvalue weighted by Gasteiger charge is 2.42. The fourth-order valence-corrected chi connectivity index (χ4v) is 2.24. The van der Waals surface area contributed by atoms with Gasteiger partial charge in [0, 0.05) is 33.7 Å². The van der Waals surface area contributed by atoms with Gasteiger partial charge in [-0.15, -0.1) is 0 Å². The van der Waals surface area contributed by atoms with Crippen LogP contribution in [0.3, 0.4) is 0 Å². The van der Waals surface area contributed by atoms with Crippen molar-refractivity contribution in [2.75, 3.05) is 40.5 Å². The van der Waals surface area contributed by atoms with Crippen LogP contribution in [0.2, 0.25) is 0 Å². The predicted octanol–water partition coefficient (Wildman–Crippen LogP) is -0.223. The molecule has 1 rings (SSSR count). The smallest absolute Gasteiger partial charge is 0.326 e. The lowest BCUT2D eigenvalue weighted by molar-refractivity contribution is -0.152. The van der Waals surface area contributed by atoms with Gasteiger partial charge in [0.1, 0.15) is 5.54 Å². The van der Waals surface area contributed by atoms with Gasteiger partial charge in [-0.05, 0) is 12.8 Å². The Kier molecular flexibility index (Phi) is 5.55. The van der Waals surface area contributed by atoms with E-state index in [0.29, 0.717) is 39.1 Å². The molecule has 0 spiro atoms. The van der Waals surface area contributed by atoms with Crippen LogP contribution in [-0.4, -0.2) is 62.8 Å². The van der Waals surface area contributed by atoms with Crippen molar-refractivity contribution in [3.8, 4) is 0 Å². The second kappa shape index (κ2) is 6.70. The van der Waals surface area contributed by atoms with E-state index in [-0.39, 0.29) is 11.9 Å². The number of nitrogens with one attached hydrogen (secondary N) is 1. The van der Waals surface area contributed by atoms with Gasteiger partial charge in [-0.3, -0.25) is 14.9 Å². The molecule has 0 saturated carbocycles. The summed E-state index contributed by atoms with van der Waals surface area (Å²) in [5.41, 5.74) is -0.681. The lowest BCUT2D eigenvalue weighted by Crippen LogP contribution is -2.59. The summed E-state index contributed by atoms with van der Waals surface area (Å²) in [6.07, 6.45) is 1.14. The van der Waals surface area contributed by atoms with Crippen LogP contribution in [-0.2, 0) is 19.1 Å². The van der Waals surface area contributed by atoms with E-state index in [4.69, 9.17) is 9.47 Å². The maximum atomic E-state index is 11.9. The third-order valence-electron chi connectivity index (χ3n) is 3.41. The van der Waals surface area contributed by atoms with Crippen molar-refractivity contribution in [2.24, 2.45) is 0 Å². The number of methoxy groups -OCH3 is 2. The highest BCUT2D eigenvalue weighted by atomic mass is 16.5. The first-order chi connectivity index (χ1) is 8.55. The van der Waals surface area contributed by atoms with Crippen LogP contribution in [0.25, 0.3) is 0 Å². The summed E-state index contributed by atoms with van der Waals surface area (Å²) in [7, 11) is 3.00. The molecule has 0 atom stereocenters. The summed E-state index contributed by atoms with van der Waals surface area (Å²) < 4.78 is 9.85. The predicted molar refractivity (Wildman–Crippen MR) is 66.1 cm³/mol. The number of esters is 1. The number of hydrogen-bond donors (Lipinski definition) is 1. The van der Waals surface area contributed by atoms with Gasteiger partial charge in [0.2, 0.25) is 5.91 Å². The molecule has 6 heteroatoms. The van der Waals surface area contributed by atoms with Crippen molar-refractivity contribution in [1.29, 1.82) is 0 Å². The Morgan fingerprint density at radius 1 is 1.28 bits per heavy atom. The molecule has 0 aromatic heterocycles. The molecule has 0 aliphatic carbocycles. The van der Waals surface area contributed by atoms with E-state index in [9.17, 15) is 9.59 Å². The maximum Gasteiger partial charge on any atom is 0.326 e. The Morgan fingerprint density at radius 3 is 2.33 bits per heavy atom. The molecule has 1 saturated heterocycles. The van der Waals surface area contributed by atoms with Crippen molar-refractivity contribution in [1.82, 2.24) is 10.2 Å². The Bertz CT molecular complexity index is 298. The first kappa shape index (κ1) is 14.9. The summed E-state index contributed by atoms with van der Waals surface area (Å²) in [5, 5.41) is 3.21. The van der Waals surface area contributed by atoms with Gasteiger partial charge in [0.05, 0.1) is 13.7 Å². The van der Waals surface area contributed by atoms with Crippen LogP contribution >= 0.6 is 0 Å². The molecule has 0 unspecified atom stereocenters. The summed E-state index contributed by atoms with van der Waals surface area (Å²) in [4.78, 5) is 25.0. The van der Waals surface area contributed by atoms with Crippen LogP contribution in [0.4, 0.5) is 0 Å². The van der Waals surface area contributed by atoms with E-state index in [1.807, 2.05) is 0 Å². The van der Waals surface area contributed by atoms with Gasteiger partial charge in [-0.25, -0.2) is 0 Å². The molecule has 1 aliphatic rings. The quantitative estimate of drug-likeness (QED) is 0.545. The van der Waals surface area contributed by atoms with Crippen LogP contribution in [0.5, 0.6) is 0 Å². The van der Waals surface area contributed by atoms with Gasteiger partial charge in [-0.1, -0.05) is 0 Å². The van der Waals surface area contributed by atoms with Crippen LogP contribution < -0.4 is 5.32 Å². The van der Waals surface area contributed by atoms with Gasteiger partial charge in [0.25, 0.3) is 0 Å². The van der Waals surface area contributed by atoms with Gasteiger partial charge >= 0.3 is 5.97 Å². The van der Waals surface area contributed by atoms with Gasteiger partial charge < -0.3 is 14.4 Å². The number of ether oxygens (including phenoxy) is 2. The number of nitrogens with zero attached hydrogens (tertiary/aromatic N) is 1. The molecule has 0 radical (unpaired) electrons. The molecule has 18 heavy (non-hydrogen) atoms. The Morgan fingerprint density at radius 2 is 1.89 bits per heavy atom. The number of hydrogen-bond acceptors (Lipinski definition) is 5. The molecular weight excluding hydrogens is 236 g/mol. The first-order valence-corrected chi connectivity index (χ1v) is 6.13. The number of piperidine rings is 1. The zero-order chi connectivity index (χ0) is 13.6. The van der Waals surface area contributed by atoms with Gasteiger partial charge in [-0.2, -0.15) is 0 Å². The average Bonchev–Trinajstić information content (AvgIpc) is 2.38. The summed E-state index contributed by atoms with van der Waals surface area (Å²) in [6.45, 7) is 3.82. The molecule has 1 N–H and O–H groups in total. The third-order valence-corrected chi connectivity index (χ3v) is 3.41. The van der Waals surface area contributed by atoms with Crippen molar-refractivity contribution >= 4 is 11.9 Å². The maximum absolute atomic E-state index is 11.9. The zero-order valence-corrected chi connectivity index (χ0v) is 11.3. The largest absolute Gasteiger partial charge is 0.468 e. The van der Waals surface area contributed by atoms with Crippen molar-refractivity contribution in [2.45, 2.75) is 25.3 Å². The molecule has 1 heterocycles. The molecule has 0 bridgehead atoms. The minimum Gasteiger partial charge on any atom is -0.468 e. The highest BCUT2D eigenvalue weighted by Crippen LogP contribution is 2.23. The fraction of sp³-hybridized carbons (Fsp3) is 0.833. The van der Waals surface area contributed by atoms with E-state index in [0.717, 1.165) is 0 Å². The number of amides is 1. The molecule has 1 amide bonds. The summed E-state index contributed by atoms with van der Waals surface area (Å²) in [6, 6.07) is 0. The van der Waals surface area contributed by atoms with Crippen LogP contribution in [0, 0.1) is 0 Å². The van der Waals surface area contributed by atoms with E-state index < -0.39 is 5.54 Å². The standard InChI is InChI=1S/C12H22N2O4/c1-10(15)14-7-4-12(5-8-14,11(16)18-3)13-6-9-17-2/h13H,4-9H2,1-3H3. The molecule has 1 fully saturated rings. The van der Waals surface area contributed by atoms with Crippen molar-refractivity contribution < 1.29 is 19.1 Å². The minimum atomic E-state index is -0.681. The Balaban J connectivity index is 2.64. The topological polar surface area (TPSA) is 67.9 Å². The second-order valence-corrected chi connectivity index (χ2v) is 4.50. The number of likely N-dealkylation sites (tertiary alicyclic amines) is 1. The minimum absolute atomic E-state index is 0.0466. The first-order valence-electron chi connectivity index (χ1n) is 6.13. The third kappa shape index (κ3) is 3.43. The summed E-state index contributed by atoms with van der Waals surface area (Å²) in [5.74, 6) is -0.216. The molecule has 0 aromatic carbocycles. The monoisotopic (exact) mass is 258 g/mol. The SMILES string of the molecule is COCCNC1(C(=O)OC)CCN(C(C)=O)CC1. The van der Waals surface area contributed by atoms with E-state index in [1.54, 1.807) is 18.9 Å². The number of carbonyl (C=O) groups excluding carboxylic acids is 2. The van der Waals surface area contributed by atoms with Gasteiger partial charge in [0.15, 0.2) is 0 Å². The normalized spacial score (nSPS) is 18.5. The number of rotatable bonds is 5. The van der Waals surface area contributed by atoms with Crippen LogP contribution in [0.1, 0.15) is 19.8 Å². The molecule has 1 aliphatic heterocycles. The Hall–Kier alpha value is -1.14. The molecule has 104 valence electrons. The van der Waals surface area contributed by atoms with Crippen molar-refractivity contribution in [3.63, 3.8) is 0 Å². The van der Waals surface area contributed by atoms with E-state index in [2.05, 4.69) is 5.32 Å². The lowest BCUT2D eigenvalue weighted by atomic mass is 9.87. The number of carbonyl (C=O) groups is 2. The fourth-order valence-electron chi connectivity index (χ4n) is 2.24. The highest BCUT2D eigenvalue weighted by molar-refractivity contribution is 5.81. The molecule has 0 aromatic rings. The lowest BCUT2D eigenvalue weighted by Gasteiger charge is -2.40. The zero-order valence-electron chi connectivity index (χ0n) is 11.3.